The van der Waals surface area contributed by atoms with E-state index in [-0.39, 0.29) is 11.4 Å². The monoisotopic (exact) mass is 399 g/mol. The van der Waals surface area contributed by atoms with Crippen molar-refractivity contribution in [2.75, 3.05) is 36.1 Å². The minimum absolute atomic E-state index is 0.130. The molecule has 0 aliphatic carbocycles. The first-order valence-corrected chi connectivity index (χ1v) is 10.1. The van der Waals surface area contributed by atoms with Gasteiger partial charge < -0.3 is 21.3 Å². The Kier molecular flexibility index (Phi) is 6.82. The van der Waals surface area contributed by atoms with Crippen LogP contribution in [-0.4, -0.2) is 41.1 Å². The molecule has 1 aromatic carbocycles. The summed E-state index contributed by atoms with van der Waals surface area (Å²) in [7, 11) is 1.99. The van der Waals surface area contributed by atoms with Gasteiger partial charge in [0, 0.05) is 42.6 Å². The van der Waals surface area contributed by atoms with Crippen molar-refractivity contribution in [2.24, 2.45) is 0 Å². The number of unbranched alkanes of at least 4 members (excludes halogenated alkanes) is 1. The van der Waals surface area contributed by atoms with Crippen molar-refractivity contribution in [1.29, 1.82) is 0 Å². The second-order valence-corrected chi connectivity index (χ2v) is 7.37. The smallest absolute Gasteiger partial charge is 0.294 e. The zero-order chi connectivity index (χ0) is 20.8. The molecule has 3 rings (SSSR count). The van der Waals surface area contributed by atoms with Crippen LogP contribution in [0.2, 0.25) is 0 Å². The molecule has 1 atom stereocenters. The number of hydrogen-bond acceptors (Lipinski definition) is 8. The molecule has 0 amide bonds. The van der Waals surface area contributed by atoms with Crippen LogP contribution in [0.15, 0.2) is 24.3 Å². The lowest BCUT2D eigenvalue weighted by Gasteiger charge is -2.33. The summed E-state index contributed by atoms with van der Waals surface area (Å²) in [5.41, 5.74) is 7.20. The highest BCUT2D eigenvalue weighted by atomic mass is 16.6. The maximum atomic E-state index is 11.2. The molecule has 1 aliphatic rings. The number of aryl methyl sites for hydroxylation is 1. The predicted molar refractivity (Wildman–Crippen MR) is 116 cm³/mol. The Morgan fingerprint density at radius 2 is 2.17 bits per heavy atom. The summed E-state index contributed by atoms with van der Waals surface area (Å²) in [6.07, 6.45) is 5.25. The summed E-state index contributed by atoms with van der Waals surface area (Å²) in [6, 6.07) is 7.13. The average molecular weight is 399 g/mol. The van der Waals surface area contributed by atoms with Gasteiger partial charge in [-0.3, -0.25) is 10.1 Å². The van der Waals surface area contributed by atoms with E-state index in [9.17, 15) is 10.1 Å². The van der Waals surface area contributed by atoms with Gasteiger partial charge in [0.25, 0.3) is 5.69 Å². The van der Waals surface area contributed by atoms with Gasteiger partial charge in [0.1, 0.15) is 11.5 Å². The number of nitrogens with one attached hydrogen (secondary N) is 2. The van der Waals surface area contributed by atoms with Crippen molar-refractivity contribution in [3.8, 4) is 0 Å². The molecule has 2 aromatic rings. The Labute approximate surface area is 170 Å². The molecule has 4 N–H and O–H groups in total. The van der Waals surface area contributed by atoms with Crippen molar-refractivity contribution in [3.05, 3.63) is 40.1 Å². The maximum absolute atomic E-state index is 11.2. The van der Waals surface area contributed by atoms with E-state index in [1.165, 1.54) is 12.1 Å². The van der Waals surface area contributed by atoms with Gasteiger partial charge in [-0.15, -0.1) is 0 Å². The van der Waals surface area contributed by atoms with Crippen LogP contribution in [0.25, 0.3) is 0 Å². The lowest BCUT2D eigenvalue weighted by Crippen LogP contribution is -2.44. The Bertz CT molecular complexity index is 859. The SMILES string of the molecule is CCCCc1cc(N2CCC[C@@H](NC)C2)nc(Nc2ccc(N)c([N+](=O)[O-])c2)n1. The molecule has 1 aliphatic heterocycles. The predicted octanol–water partition coefficient (Wildman–Crippen LogP) is 3.24. The topological polar surface area (TPSA) is 122 Å². The molecule has 0 spiro atoms. The van der Waals surface area contributed by atoms with Crippen LogP contribution in [-0.2, 0) is 6.42 Å². The first-order chi connectivity index (χ1) is 14.0. The fourth-order valence-corrected chi connectivity index (χ4v) is 3.52. The first-order valence-electron chi connectivity index (χ1n) is 10.1. The van der Waals surface area contributed by atoms with Crippen LogP contribution in [0.5, 0.6) is 0 Å². The number of nitrogen functional groups attached to an aromatic ring is 1. The number of rotatable bonds is 8. The van der Waals surface area contributed by atoms with Crippen molar-refractivity contribution in [2.45, 2.75) is 45.1 Å². The van der Waals surface area contributed by atoms with Crippen LogP contribution >= 0.6 is 0 Å². The Balaban J connectivity index is 1.89. The largest absolute Gasteiger partial charge is 0.393 e. The lowest BCUT2D eigenvalue weighted by molar-refractivity contribution is -0.383. The molecule has 9 heteroatoms. The van der Waals surface area contributed by atoms with E-state index >= 15 is 0 Å². The number of nitro benzene ring substituents is 1. The zero-order valence-corrected chi connectivity index (χ0v) is 17.0. The third-order valence-electron chi connectivity index (χ3n) is 5.19. The third-order valence-corrected chi connectivity index (χ3v) is 5.19. The van der Waals surface area contributed by atoms with E-state index in [4.69, 9.17) is 10.7 Å². The summed E-state index contributed by atoms with van der Waals surface area (Å²) in [4.78, 5) is 22.3. The van der Waals surface area contributed by atoms with Crippen molar-refractivity contribution in [1.82, 2.24) is 15.3 Å². The summed E-state index contributed by atoms with van der Waals surface area (Å²) < 4.78 is 0. The number of benzene rings is 1. The highest BCUT2D eigenvalue weighted by molar-refractivity contribution is 5.68. The van der Waals surface area contributed by atoms with Crippen molar-refractivity contribution in [3.63, 3.8) is 0 Å². The molecular formula is C20H29N7O2. The maximum Gasteiger partial charge on any atom is 0.294 e. The van der Waals surface area contributed by atoms with Crippen LogP contribution in [0.1, 0.15) is 38.3 Å². The quantitative estimate of drug-likeness (QED) is 0.351. The number of aromatic nitrogens is 2. The number of anilines is 4. The van der Waals surface area contributed by atoms with Crippen molar-refractivity contribution >= 4 is 28.8 Å². The Morgan fingerprint density at radius 1 is 1.34 bits per heavy atom. The van der Waals surface area contributed by atoms with E-state index in [0.717, 1.165) is 56.7 Å². The molecule has 156 valence electrons. The number of nitrogens with two attached hydrogens (primary N) is 1. The number of nitro groups is 1. The fourth-order valence-electron chi connectivity index (χ4n) is 3.52. The van der Waals surface area contributed by atoms with Gasteiger partial charge in [-0.1, -0.05) is 13.3 Å². The van der Waals surface area contributed by atoms with E-state index in [2.05, 4.69) is 33.5 Å². The molecular weight excluding hydrogens is 370 g/mol. The van der Waals surface area contributed by atoms with Crippen LogP contribution in [0, 0.1) is 10.1 Å². The Hall–Kier alpha value is -2.94. The van der Waals surface area contributed by atoms with Gasteiger partial charge in [0.2, 0.25) is 5.95 Å². The molecule has 0 saturated carbocycles. The van der Waals surface area contributed by atoms with Crippen LogP contribution < -0.4 is 21.3 Å². The Morgan fingerprint density at radius 3 is 2.90 bits per heavy atom. The minimum Gasteiger partial charge on any atom is -0.393 e. The highest BCUT2D eigenvalue weighted by Crippen LogP contribution is 2.27. The molecule has 0 bridgehead atoms. The van der Waals surface area contributed by atoms with Gasteiger partial charge in [-0.25, -0.2) is 4.98 Å². The fraction of sp³-hybridized carbons (Fsp3) is 0.500. The molecule has 1 fully saturated rings. The summed E-state index contributed by atoms with van der Waals surface area (Å²) in [6.45, 7) is 4.00. The van der Waals surface area contributed by atoms with E-state index < -0.39 is 4.92 Å². The van der Waals surface area contributed by atoms with Gasteiger partial charge in [0.15, 0.2) is 0 Å². The minimum atomic E-state index is -0.490. The number of piperidine rings is 1. The van der Waals surface area contributed by atoms with Crippen LogP contribution in [0.3, 0.4) is 0 Å². The molecule has 1 saturated heterocycles. The molecule has 9 nitrogen and oxygen atoms in total. The van der Waals surface area contributed by atoms with Gasteiger partial charge in [-0.05, 0) is 44.9 Å². The second kappa shape index (κ2) is 9.51. The molecule has 1 aromatic heterocycles. The van der Waals surface area contributed by atoms with Crippen LogP contribution in [0.4, 0.5) is 28.8 Å². The molecule has 0 unspecified atom stereocenters. The van der Waals surface area contributed by atoms with Gasteiger partial charge in [0.05, 0.1) is 4.92 Å². The number of hydrogen-bond donors (Lipinski definition) is 3. The highest BCUT2D eigenvalue weighted by Gasteiger charge is 2.21. The van der Waals surface area contributed by atoms with E-state index in [1.807, 2.05) is 7.05 Å². The normalized spacial score (nSPS) is 16.6. The van der Waals surface area contributed by atoms with Crippen molar-refractivity contribution < 1.29 is 4.92 Å². The summed E-state index contributed by atoms with van der Waals surface area (Å²) >= 11 is 0. The van der Waals surface area contributed by atoms with Gasteiger partial charge in [-0.2, -0.15) is 4.98 Å². The number of likely N-dealkylation sites (N-methyl/N-ethyl adjacent to an activating group) is 1. The summed E-state index contributed by atoms with van der Waals surface area (Å²) in [5.74, 6) is 1.33. The third kappa shape index (κ3) is 5.32. The second-order valence-electron chi connectivity index (χ2n) is 7.37. The average Bonchev–Trinajstić information content (AvgIpc) is 2.73. The van der Waals surface area contributed by atoms with E-state index in [1.54, 1.807) is 6.07 Å². The molecule has 0 radical (unpaired) electrons. The summed E-state index contributed by atoms with van der Waals surface area (Å²) in [5, 5.41) is 17.6. The van der Waals surface area contributed by atoms with Gasteiger partial charge >= 0.3 is 0 Å². The lowest BCUT2D eigenvalue weighted by atomic mass is 10.1. The first kappa shape index (κ1) is 20.8. The molecule has 29 heavy (non-hydrogen) atoms. The van der Waals surface area contributed by atoms with E-state index in [0.29, 0.717) is 17.7 Å². The molecule has 2 heterocycles. The zero-order valence-electron chi connectivity index (χ0n) is 17.0. The standard InChI is InChI=1S/C20H29N7O2/c1-3-4-6-14-12-19(26-10-5-7-16(13-26)22-2)25-20(23-14)24-15-8-9-17(21)18(11-15)27(28)29/h8-9,11-12,16,22H,3-7,10,13,21H2,1-2H3,(H,23,24,25)/t16-/m1/s1. The number of nitrogens with zero attached hydrogens (tertiary/aromatic N) is 4.